The largest absolute Gasteiger partial charge is 0.506 e. The fourth-order valence-corrected chi connectivity index (χ4v) is 3.32. The standard InChI is InChI=1S/C19H20N4O4S/c1-12-4-7-17(24)14(10-12)20-19(28)21-18(25)13-5-6-15(16(11-13)23(26)27)22-8-2-3-9-22/h4-7,10-11,24H,2-3,8-9H2,1H3,(H2,20,21,25,28). The van der Waals surface area contributed by atoms with Gasteiger partial charge in [-0.25, -0.2) is 0 Å². The number of aromatic hydroxyl groups is 1. The van der Waals surface area contributed by atoms with E-state index in [0.717, 1.165) is 31.5 Å². The SMILES string of the molecule is Cc1ccc(O)c(NC(=S)NC(=O)c2ccc(N3CCCC3)c([N+](=O)[O-])c2)c1. The highest BCUT2D eigenvalue weighted by Crippen LogP contribution is 2.31. The Bertz CT molecular complexity index is 942. The van der Waals surface area contributed by atoms with E-state index in [9.17, 15) is 20.0 Å². The molecule has 1 aliphatic heterocycles. The molecular weight excluding hydrogens is 380 g/mol. The molecule has 2 aromatic rings. The smallest absolute Gasteiger partial charge is 0.293 e. The number of nitro groups is 1. The molecule has 1 fully saturated rings. The molecule has 1 aliphatic rings. The number of carbonyl (C=O) groups is 1. The summed E-state index contributed by atoms with van der Waals surface area (Å²) in [5.41, 5.74) is 1.81. The van der Waals surface area contributed by atoms with Gasteiger partial charge in [-0.05, 0) is 61.8 Å². The lowest BCUT2D eigenvalue weighted by atomic mass is 10.1. The Labute approximate surface area is 167 Å². The lowest BCUT2D eigenvalue weighted by molar-refractivity contribution is -0.384. The zero-order valence-corrected chi connectivity index (χ0v) is 16.1. The summed E-state index contributed by atoms with van der Waals surface area (Å²) in [5, 5.41) is 26.5. The number of nitrogens with one attached hydrogen (secondary N) is 2. The first-order chi connectivity index (χ1) is 13.3. The monoisotopic (exact) mass is 400 g/mol. The topological polar surface area (TPSA) is 108 Å². The molecule has 146 valence electrons. The number of nitro benzene ring substituents is 1. The number of carbonyl (C=O) groups excluding carboxylic acids is 1. The van der Waals surface area contributed by atoms with Crippen LogP contribution >= 0.6 is 12.2 Å². The highest BCUT2D eigenvalue weighted by atomic mass is 32.1. The molecule has 0 spiro atoms. The van der Waals surface area contributed by atoms with E-state index >= 15 is 0 Å². The Hall–Kier alpha value is -3.20. The van der Waals surface area contributed by atoms with Crippen LogP contribution in [0, 0.1) is 17.0 Å². The highest BCUT2D eigenvalue weighted by molar-refractivity contribution is 7.80. The van der Waals surface area contributed by atoms with Gasteiger partial charge in [-0.1, -0.05) is 6.07 Å². The van der Waals surface area contributed by atoms with Crippen molar-refractivity contribution in [2.45, 2.75) is 19.8 Å². The molecule has 1 saturated heterocycles. The Morgan fingerprint density at radius 1 is 1.21 bits per heavy atom. The van der Waals surface area contributed by atoms with E-state index in [1.807, 2.05) is 11.8 Å². The van der Waals surface area contributed by atoms with Crippen LogP contribution in [0.15, 0.2) is 36.4 Å². The van der Waals surface area contributed by atoms with Gasteiger partial charge in [0.25, 0.3) is 11.6 Å². The summed E-state index contributed by atoms with van der Waals surface area (Å²) in [7, 11) is 0. The van der Waals surface area contributed by atoms with E-state index in [4.69, 9.17) is 12.2 Å². The molecule has 0 aliphatic carbocycles. The number of aryl methyl sites for hydroxylation is 1. The number of phenolic OH excluding ortho intramolecular Hbond substituents is 1. The van der Waals surface area contributed by atoms with Crippen LogP contribution in [0.5, 0.6) is 5.75 Å². The lowest BCUT2D eigenvalue weighted by Crippen LogP contribution is -2.34. The normalized spacial score (nSPS) is 13.2. The van der Waals surface area contributed by atoms with Crippen LogP contribution in [0.1, 0.15) is 28.8 Å². The number of rotatable bonds is 4. The van der Waals surface area contributed by atoms with E-state index < -0.39 is 10.8 Å². The number of benzene rings is 2. The molecule has 0 saturated carbocycles. The van der Waals surface area contributed by atoms with Crippen molar-refractivity contribution in [2.75, 3.05) is 23.3 Å². The Morgan fingerprint density at radius 3 is 2.61 bits per heavy atom. The first-order valence-corrected chi connectivity index (χ1v) is 9.21. The average Bonchev–Trinajstić information content (AvgIpc) is 3.18. The fraction of sp³-hybridized carbons (Fsp3) is 0.263. The molecule has 0 atom stereocenters. The number of amides is 1. The van der Waals surface area contributed by atoms with Gasteiger partial charge in [-0.3, -0.25) is 20.2 Å². The van der Waals surface area contributed by atoms with Crippen LogP contribution in [0.2, 0.25) is 0 Å². The summed E-state index contributed by atoms with van der Waals surface area (Å²) in [5.74, 6) is -0.575. The van der Waals surface area contributed by atoms with Crippen LogP contribution in [0.3, 0.4) is 0 Å². The van der Waals surface area contributed by atoms with Crippen LogP contribution in [-0.2, 0) is 0 Å². The van der Waals surface area contributed by atoms with Gasteiger partial charge in [-0.15, -0.1) is 0 Å². The first-order valence-electron chi connectivity index (χ1n) is 8.80. The average molecular weight is 400 g/mol. The quantitative estimate of drug-likeness (QED) is 0.313. The van der Waals surface area contributed by atoms with Crippen molar-refractivity contribution < 1.29 is 14.8 Å². The zero-order chi connectivity index (χ0) is 20.3. The maximum atomic E-state index is 12.5. The molecule has 3 N–H and O–H groups in total. The molecule has 0 aromatic heterocycles. The summed E-state index contributed by atoms with van der Waals surface area (Å²) in [6.45, 7) is 3.38. The molecule has 3 rings (SSSR count). The summed E-state index contributed by atoms with van der Waals surface area (Å²) < 4.78 is 0. The molecule has 0 bridgehead atoms. The Balaban J connectivity index is 1.74. The summed E-state index contributed by atoms with van der Waals surface area (Å²) in [6, 6.07) is 9.34. The maximum Gasteiger partial charge on any atom is 0.293 e. The van der Waals surface area contributed by atoms with Gasteiger partial charge < -0.3 is 15.3 Å². The van der Waals surface area contributed by atoms with E-state index in [1.165, 1.54) is 12.1 Å². The molecular formula is C19H20N4O4S. The fourth-order valence-electron chi connectivity index (χ4n) is 3.12. The van der Waals surface area contributed by atoms with Gasteiger partial charge in [0, 0.05) is 24.7 Å². The van der Waals surface area contributed by atoms with Crippen LogP contribution in [-0.4, -0.2) is 34.1 Å². The third kappa shape index (κ3) is 4.37. The number of nitrogens with zero attached hydrogens (tertiary/aromatic N) is 2. The van der Waals surface area contributed by atoms with Crippen molar-refractivity contribution in [3.05, 3.63) is 57.6 Å². The minimum atomic E-state index is -0.569. The summed E-state index contributed by atoms with van der Waals surface area (Å²) >= 11 is 5.12. The molecule has 0 radical (unpaired) electrons. The van der Waals surface area contributed by atoms with Crippen molar-refractivity contribution in [3.63, 3.8) is 0 Å². The number of hydrogen-bond acceptors (Lipinski definition) is 6. The maximum absolute atomic E-state index is 12.5. The molecule has 28 heavy (non-hydrogen) atoms. The van der Waals surface area contributed by atoms with Crippen LogP contribution in [0.25, 0.3) is 0 Å². The van der Waals surface area contributed by atoms with Crippen molar-refractivity contribution >= 4 is 40.3 Å². The third-order valence-corrected chi connectivity index (χ3v) is 4.71. The number of hydrogen-bond donors (Lipinski definition) is 3. The zero-order valence-electron chi connectivity index (χ0n) is 15.3. The first kappa shape index (κ1) is 19.6. The molecule has 9 heteroatoms. The third-order valence-electron chi connectivity index (χ3n) is 4.51. The Kier molecular flexibility index (Phi) is 5.74. The molecule has 0 unspecified atom stereocenters. The Morgan fingerprint density at radius 2 is 1.93 bits per heavy atom. The number of anilines is 2. The lowest BCUT2D eigenvalue weighted by Gasteiger charge is -2.18. The van der Waals surface area contributed by atoms with Gasteiger partial charge in [-0.2, -0.15) is 0 Å². The van der Waals surface area contributed by atoms with E-state index in [2.05, 4.69) is 10.6 Å². The molecule has 1 amide bonds. The summed E-state index contributed by atoms with van der Waals surface area (Å²) in [4.78, 5) is 25.4. The second kappa shape index (κ2) is 8.22. The second-order valence-electron chi connectivity index (χ2n) is 6.58. The van der Waals surface area contributed by atoms with Crippen molar-refractivity contribution in [1.29, 1.82) is 0 Å². The molecule has 2 aromatic carbocycles. The van der Waals surface area contributed by atoms with Gasteiger partial charge in [0.2, 0.25) is 0 Å². The van der Waals surface area contributed by atoms with E-state index in [1.54, 1.807) is 24.3 Å². The second-order valence-corrected chi connectivity index (χ2v) is 6.99. The van der Waals surface area contributed by atoms with Crippen molar-refractivity contribution in [1.82, 2.24) is 5.32 Å². The van der Waals surface area contributed by atoms with Gasteiger partial charge >= 0.3 is 0 Å². The molecule has 8 nitrogen and oxygen atoms in total. The van der Waals surface area contributed by atoms with Crippen molar-refractivity contribution in [3.8, 4) is 5.75 Å². The summed E-state index contributed by atoms with van der Waals surface area (Å²) in [6.07, 6.45) is 1.98. The van der Waals surface area contributed by atoms with Crippen LogP contribution in [0.4, 0.5) is 17.1 Å². The molecule has 1 heterocycles. The minimum absolute atomic E-state index is 0.00666. The highest BCUT2D eigenvalue weighted by Gasteiger charge is 2.24. The van der Waals surface area contributed by atoms with Gasteiger partial charge in [0.1, 0.15) is 11.4 Å². The predicted molar refractivity (Wildman–Crippen MR) is 111 cm³/mol. The number of phenols is 1. The minimum Gasteiger partial charge on any atom is -0.506 e. The van der Waals surface area contributed by atoms with E-state index in [0.29, 0.717) is 11.4 Å². The van der Waals surface area contributed by atoms with E-state index in [-0.39, 0.29) is 22.1 Å². The number of thiocarbonyl (C=S) groups is 1. The van der Waals surface area contributed by atoms with Crippen molar-refractivity contribution in [2.24, 2.45) is 0 Å². The van der Waals surface area contributed by atoms with Gasteiger partial charge in [0.15, 0.2) is 5.11 Å². The predicted octanol–water partition coefficient (Wildman–Crippen LogP) is 3.34. The van der Waals surface area contributed by atoms with Gasteiger partial charge in [0.05, 0.1) is 10.6 Å². The van der Waals surface area contributed by atoms with Crippen LogP contribution < -0.4 is 15.5 Å².